The van der Waals surface area contributed by atoms with E-state index in [4.69, 9.17) is 10.1 Å². The molecule has 1 aromatic heterocycles. The Hall–Kier alpha value is -2.97. The first kappa shape index (κ1) is 29.0. The Morgan fingerprint density at radius 3 is 2.26 bits per heavy atom. The fourth-order valence-corrected chi connectivity index (χ4v) is 5.10. The van der Waals surface area contributed by atoms with Crippen LogP contribution in [0.3, 0.4) is 0 Å². The van der Waals surface area contributed by atoms with Gasteiger partial charge in [-0.3, -0.25) is 0 Å². The van der Waals surface area contributed by atoms with E-state index in [1.54, 1.807) is 6.08 Å². The van der Waals surface area contributed by atoms with Crippen LogP contribution in [0.25, 0.3) is 17.1 Å². The van der Waals surface area contributed by atoms with Gasteiger partial charge >= 0.3 is 35.5 Å². The minimum atomic E-state index is -0.935. The standard InChI is InChI=1S/C31H33FN4O2.Na.H/c32-27-14-11-26(12-15-27)23-36-29-6-2-1-5-28(29)33-31(36)35-20-3-18-34(19-4-21-35)22-17-25-9-7-24(8-10-25)13-16-30(37)38;;/h1-2,5-16H,3-4,17-23H2,(H,37,38);;. The van der Waals surface area contributed by atoms with Gasteiger partial charge in [0, 0.05) is 25.7 Å². The third kappa shape index (κ3) is 7.79. The number of rotatable bonds is 8. The van der Waals surface area contributed by atoms with E-state index in [1.807, 2.05) is 36.4 Å². The number of carboxylic acid groups (broad SMARTS) is 1. The molecule has 198 valence electrons. The number of anilines is 1. The van der Waals surface area contributed by atoms with Gasteiger partial charge in [-0.05, 0) is 79.4 Å². The van der Waals surface area contributed by atoms with E-state index in [2.05, 4.69) is 38.6 Å². The molecule has 0 spiro atoms. The second-order valence-electron chi connectivity index (χ2n) is 9.81. The molecule has 0 amide bonds. The molecular weight excluding hydrogens is 502 g/mol. The van der Waals surface area contributed by atoms with Crippen molar-refractivity contribution in [3.63, 3.8) is 0 Å². The fourth-order valence-electron chi connectivity index (χ4n) is 5.10. The zero-order valence-electron chi connectivity index (χ0n) is 21.5. The molecule has 1 fully saturated rings. The van der Waals surface area contributed by atoms with E-state index in [1.165, 1.54) is 17.7 Å². The van der Waals surface area contributed by atoms with Crippen LogP contribution < -0.4 is 4.90 Å². The number of halogens is 1. The van der Waals surface area contributed by atoms with E-state index in [-0.39, 0.29) is 35.4 Å². The summed E-state index contributed by atoms with van der Waals surface area (Å²) in [5.41, 5.74) is 5.29. The van der Waals surface area contributed by atoms with Gasteiger partial charge in [-0.25, -0.2) is 14.2 Å². The summed E-state index contributed by atoms with van der Waals surface area (Å²) in [5, 5.41) is 8.79. The van der Waals surface area contributed by atoms with Crippen molar-refractivity contribution in [3.8, 4) is 0 Å². The van der Waals surface area contributed by atoms with Crippen molar-refractivity contribution in [2.45, 2.75) is 25.8 Å². The van der Waals surface area contributed by atoms with Gasteiger partial charge in [0.05, 0.1) is 17.6 Å². The summed E-state index contributed by atoms with van der Waals surface area (Å²) in [7, 11) is 0. The molecule has 3 aromatic carbocycles. The first-order valence-electron chi connectivity index (χ1n) is 13.2. The Morgan fingerprint density at radius 2 is 1.56 bits per heavy atom. The van der Waals surface area contributed by atoms with Crippen molar-refractivity contribution in [1.82, 2.24) is 14.5 Å². The molecule has 0 bridgehead atoms. The number of para-hydroxylation sites is 2. The topological polar surface area (TPSA) is 61.6 Å². The normalized spacial score (nSPS) is 14.7. The summed E-state index contributed by atoms with van der Waals surface area (Å²) in [6.45, 7) is 5.61. The number of hydrogen-bond acceptors (Lipinski definition) is 4. The summed E-state index contributed by atoms with van der Waals surface area (Å²) in [4.78, 5) is 20.7. The number of carbonyl (C=O) groups is 1. The monoisotopic (exact) mass is 536 g/mol. The third-order valence-electron chi connectivity index (χ3n) is 7.09. The van der Waals surface area contributed by atoms with Gasteiger partial charge in [0.25, 0.3) is 0 Å². The maximum absolute atomic E-state index is 13.5. The van der Waals surface area contributed by atoms with Crippen molar-refractivity contribution >= 4 is 58.6 Å². The maximum atomic E-state index is 13.5. The van der Waals surface area contributed by atoms with E-state index in [9.17, 15) is 9.18 Å². The van der Waals surface area contributed by atoms with Crippen LogP contribution in [0.1, 0.15) is 29.5 Å². The van der Waals surface area contributed by atoms with Gasteiger partial charge in [-0.15, -0.1) is 0 Å². The Balaban J connectivity index is 0.00000353. The first-order chi connectivity index (χ1) is 18.5. The van der Waals surface area contributed by atoms with Gasteiger partial charge in [-0.2, -0.15) is 0 Å². The van der Waals surface area contributed by atoms with Crippen LogP contribution in [0.2, 0.25) is 0 Å². The molecule has 2 heterocycles. The molecule has 5 rings (SSSR count). The summed E-state index contributed by atoms with van der Waals surface area (Å²) >= 11 is 0. The quantitative estimate of drug-likeness (QED) is 0.259. The molecule has 4 aromatic rings. The van der Waals surface area contributed by atoms with E-state index in [0.717, 1.165) is 86.2 Å². The van der Waals surface area contributed by atoms with Crippen molar-refractivity contribution in [1.29, 1.82) is 0 Å². The Bertz CT molecular complexity index is 1390. The minimum absolute atomic E-state index is 0. The molecular formula is C31H34FN4NaO2. The zero-order chi connectivity index (χ0) is 26.3. The number of carboxylic acids is 1. The molecule has 0 saturated carbocycles. The molecule has 0 atom stereocenters. The number of aromatic nitrogens is 2. The number of imidazole rings is 1. The van der Waals surface area contributed by atoms with E-state index < -0.39 is 5.97 Å². The van der Waals surface area contributed by atoms with Gasteiger partial charge in [0.15, 0.2) is 0 Å². The average Bonchev–Trinajstić information content (AvgIpc) is 3.27. The number of aliphatic carboxylic acids is 1. The van der Waals surface area contributed by atoms with Gasteiger partial charge in [0.2, 0.25) is 5.95 Å². The van der Waals surface area contributed by atoms with Crippen LogP contribution in [0.15, 0.2) is 78.9 Å². The fraction of sp³-hybridized carbons (Fsp3) is 0.290. The Kier molecular flexibility index (Phi) is 10.3. The van der Waals surface area contributed by atoms with E-state index >= 15 is 0 Å². The number of hydrogen-bond donors (Lipinski definition) is 1. The van der Waals surface area contributed by atoms with Crippen LogP contribution in [0.5, 0.6) is 0 Å². The predicted octanol–water partition coefficient (Wildman–Crippen LogP) is 4.82. The molecule has 0 aliphatic carbocycles. The van der Waals surface area contributed by atoms with Crippen molar-refractivity contribution < 1.29 is 14.3 Å². The Morgan fingerprint density at radius 1 is 0.897 bits per heavy atom. The molecule has 0 unspecified atom stereocenters. The Labute approximate surface area is 251 Å². The zero-order valence-corrected chi connectivity index (χ0v) is 21.5. The molecule has 8 heteroatoms. The SMILES string of the molecule is O=C(O)C=Cc1ccc(CCN2CCCN(c3nc4ccccc4n3Cc3ccc(F)cc3)CCC2)cc1.[NaH]. The molecule has 0 radical (unpaired) electrons. The van der Waals surface area contributed by atoms with E-state index in [0.29, 0.717) is 6.54 Å². The predicted molar refractivity (Wildman–Crippen MR) is 157 cm³/mol. The van der Waals surface area contributed by atoms with Gasteiger partial charge in [0.1, 0.15) is 5.82 Å². The molecule has 39 heavy (non-hydrogen) atoms. The third-order valence-corrected chi connectivity index (χ3v) is 7.09. The number of benzene rings is 3. The van der Waals surface area contributed by atoms with Crippen LogP contribution in [-0.2, 0) is 17.8 Å². The van der Waals surface area contributed by atoms with Crippen LogP contribution >= 0.6 is 0 Å². The van der Waals surface area contributed by atoms with Gasteiger partial charge < -0.3 is 19.5 Å². The average molecular weight is 537 g/mol. The molecule has 1 N–H and O–H groups in total. The van der Waals surface area contributed by atoms with Crippen molar-refractivity contribution in [3.05, 3.63) is 101 Å². The summed E-state index contributed by atoms with van der Waals surface area (Å²) in [6, 6.07) is 23.1. The molecule has 6 nitrogen and oxygen atoms in total. The van der Waals surface area contributed by atoms with Crippen molar-refractivity contribution in [2.75, 3.05) is 37.6 Å². The summed E-state index contributed by atoms with van der Waals surface area (Å²) < 4.78 is 15.7. The van der Waals surface area contributed by atoms with Crippen LogP contribution in [-0.4, -0.2) is 87.8 Å². The molecule has 1 aliphatic rings. The number of nitrogens with zero attached hydrogens (tertiary/aromatic N) is 4. The first-order valence-corrected chi connectivity index (χ1v) is 13.2. The molecule has 1 aliphatic heterocycles. The van der Waals surface area contributed by atoms with Gasteiger partial charge in [-0.1, -0.05) is 48.5 Å². The summed E-state index contributed by atoms with van der Waals surface area (Å²) in [5.74, 6) is -0.168. The van der Waals surface area contributed by atoms with Crippen molar-refractivity contribution in [2.24, 2.45) is 0 Å². The second-order valence-corrected chi connectivity index (χ2v) is 9.81. The number of fused-ring (bicyclic) bond motifs is 1. The van der Waals surface area contributed by atoms with Crippen LogP contribution in [0.4, 0.5) is 10.3 Å². The molecule has 1 saturated heterocycles. The second kappa shape index (κ2) is 13.9. The summed E-state index contributed by atoms with van der Waals surface area (Å²) in [6.07, 6.45) is 5.86. The van der Waals surface area contributed by atoms with Crippen LogP contribution in [0, 0.1) is 5.82 Å².